The Morgan fingerprint density at radius 2 is 1.12 bits per heavy atom. The van der Waals surface area contributed by atoms with Gasteiger partial charge in [0.25, 0.3) is 0 Å². The highest BCUT2D eigenvalue weighted by molar-refractivity contribution is 5.89. The average Bonchev–Trinajstić information content (AvgIpc) is 2.57. The first-order valence-corrected chi connectivity index (χ1v) is 7.23. The molecule has 24 heavy (non-hydrogen) atoms. The summed E-state index contributed by atoms with van der Waals surface area (Å²) in [6.07, 6.45) is 1.86. The van der Waals surface area contributed by atoms with E-state index < -0.39 is 23.7 Å². The van der Waals surface area contributed by atoms with Crippen LogP contribution in [0.2, 0.25) is 0 Å². The van der Waals surface area contributed by atoms with Gasteiger partial charge in [0, 0.05) is 25.9 Å². The Morgan fingerprint density at radius 1 is 0.792 bits per heavy atom. The lowest BCUT2D eigenvalue weighted by Crippen LogP contribution is -2.55. The molecule has 0 aromatic carbocycles. The first kappa shape index (κ1) is 19.2. The summed E-state index contributed by atoms with van der Waals surface area (Å²) in [6, 6.07) is 0. The third kappa shape index (κ3) is 4.35. The van der Waals surface area contributed by atoms with E-state index >= 15 is 0 Å². The minimum Gasteiger partial charge on any atom is -0.395 e. The van der Waals surface area contributed by atoms with Gasteiger partial charge in [-0.3, -0.25) is 9.59 Å². The molecule has 130 valence electrons. The van der Waals surface area contributed by atoms with Crippen molar-refractivity contribution < 1.29 is 14.7 Å². The molecule has 1 heterocycles. The summed E-state index contributed by atoms with van der Waals surface area (Å²) in [4.78, 5) is 59.4. The first-order valence-electron chi connectivity index (χ1n) is 7.23. The highest BCUT2D eigenvalue weighted by atomic mass is 16.3. The Labute approximate surface area is 136 Å². The van der Waals surface area contributed by atoms with Crippen molar-refractivity contribution in [3.63, 3.8) is 0 Å². The number of rotatable bonds is 10. The van der Waals surface area contributed by atoms with Gasteiger partial charge in [0.05, 0.1) is 13.2 Å². The molecule has 9 nitrogen and oxygen atoms in total. The largest absolute Gasteiger partial charge is 0.395 e. The van der Waals surface area contributed by atoms with Crippen molar-refractivity contribution in [2.75, 3.05) is 6.61 Å². The predicted octanol–water partition coefficient (Wildman–Crippen LogP) is -1.55. The number of aliphatic hydroxyl groups is 1. The van der Waals surface area contributed by atoms with Crippen LogP contribution in [0.25, 0.3) is 0 Å². The molecule has 0 fully saturated rings. The quantitative estimate of drug-likeness (QED) is 0.516. The number of ketones is 2. The van der Waals surface area contributed by atoms with Gasteiger partial charge in [-0.25, -0.2) is 28.1 Å². The van der Waals surface area contributed by atoms with Gasteiger partial charge < -0.3 is 5.11 Å². The average molecular weight is 337 g/mol. The molecule has 1 N–H and O–H groups in total. The first-order chi connectivity index (χ1) is 11.4. The van der Waals surface area contributed by atoms with Crippen LogP contribution in [0.3, 0.4) is 0 Å². The standard InChI is InChI=1S/C15H19N3O6/c1-3-11(20)5-7-16-13(22)17(8-6-12(21)4-2)15(24)18(9-10-19)14(16)23/h3-4,19H,1-2,5-10H2. The van der Waals surface area contributed by atoms with E-state index in [1.165, 1.54) is 0 Å². The second-order valence-electron chi connectivity index (χ2n) is 4.87. The summed E-state index contributed by atoms with van der Waals surface area (Å²) in [5.41, 5.74) is -2.74. The SMILES string of the molecule is C=CC(=O)CCn1c(=O)n(CCO)c(=O)n(CCC(=O)C=C)c1=O. The van der Waals surface area contributed by atoms with Gasteiger partial charge >= 0.3 is 17.1 Å². The molecule has 0 bridgehead atoms. The molecule has 9 heteroatoms. The summed E-state index contributed by atoms with van der Waals surface area (Å²) in [5.74, 6) is -0.732. The van der Waals surface area contributed by atoms with E-state index in [0.29, 0.717) is 4.57 Å². The van der Waals surface area contributed by atoms with Crippen LogP contribution in [0.1, 0.15) is 12.8 Å². The zero-order valence-corrected chi connectivity index (χ0v) is 13.1. The van der Waals surface area contributed by atoms with Crippen molar-refractivity contribution in [3.05, 3.63) is 56.8 Å². The molecule has 0 spiro atoms. The molecule has 1 rings (SSSR count). The molecule has 0 atom stereocenters. The fourth-order valence-corrected chi connectivity index (χ4v) is 2.00. The Morgan fingerprint density at radius 3 is 1.42 bits per heavy atom. The normalized spacial score (nSPS) is 10.4. The van der Waals surface area contributed by atoms with Gasteiger partial charge in [-0.15, -0.1) is 0 Å². The fraction of sp³-hybridized carbons (Fsp3) is 0.400. The van der Waals surface area contributed by atoms with Crippen molar-refractivity contribution in [2.24, 2.45) is 0 Å². The Bertz CT molecular complexity index is 765. The van der Waals surface area contributed by atoms with Gasteiger partial charge in [0.1, 0.15) is 0 Å². The number of nitrogens with zero attached hydrogens (tertiary/aromatic N) is 3. The van der Waals surface area contributed by atoms with Gasteiger partial charge in [0.2, 0.25) is 0 Å². The van der Waals surface area contributed by atoms with Crippen molar-refractivity contribution in [3.8, 4) is 0 Å². The monoisotopic (exact) mass is 337 g/mol. The number of allylic oxidation sites excluding steroid dienone is 2. The molecule has 0 unspecified atom stereocenters. The van der Waals surface area contributed by atoms with Crippen LogP contribution in [0.4, 0.5) is 0 Å². The summed E-state index contributed by atoms with van der Waals surface area (Å²) >= 11 is 0. The van der Waals surface area contributed by atoms with E-state index in [4.69, 9.17) is 5.11 Å². The molecule has 0 aliphatic carbocycles. The molecule has 0 saturated carbocycles. The summed E-state index contributed by atoms with van der Waals surface area (Å²) in [7, 11) is 0. The number of hydrogen-bond acceptors (Lipinski definition) is 6. The van der Waals surface area contributed by atoms with Crippen molar-refractivity contribution >= 4 is 11.6 Å². The van der Waals surface area contributed by atoms with Crippen molar-refractivity contribution in [1.82, 2.24) is 13.7 Å². The molecular weight excluding hydrogens is 318 g/mol. The fourth-order valence-electron chi connectivity index (χ4n) is 2.00. The Hall–Kier alpha value is -2.81. The maximum atomic E-state index is 12.3. The zero-order valence-electron chi connectivity index (χ0n) is 13.1. The Balaban J connectivity index is 3.41. The van der Waals surface area contributed by atoms with Gasteiger partial charge in [-0.05, 0) is 12.2 Å². The van der Waals surface area contributed by atoms with Gasteiger partial charge in [0.15, 0.2) is 11.6 Å². The van der Waals surface area contributed by atoms with E-state index in [1.54, 1.807) is 0 Å². The molecule has 0 aliphatic rings. The van der Waals surface area contributed by atoms with Crippen molar-refractivity contribution in [1.29, 1.82) is 0 Å². The minimum atomic E-state index is -0.915. The van der Waals surface area contributed by atoms with E-state index in [-0.39, 0.29) is 44.0 Å². The number of carbonyl (C=O) groups excluding carboxylic acids is 2. The van der Waals surface area contributed by atoms with Gasteiger partial charge in [-0.1, -0.05) is 13.2 Å². The predicted molar refractivity (Wildman–Crippen MR) is 85.9 cm³/mol. The molecular formula is C15H19N3O6. The lowest BCUT2D eigenvalue weighted by Gasteiger charge is -2.12. The lowest BCUT2D eigenvalue weighted by molar-refractivity contribution is -0.115. The second-order valence-corrected chi connectivity index (χ2v) is 4.87. The number of aromatic nitrogens is 3. The van der Waals surface area contributed by atoms with Crippen LogP contribution < -0.4 is 17.1 Å². The smallest absolute Gasteiger partial charge is 0.336 e. The van der Waals surface area contributed by atoms with E-state index in [9.17, 15) is 24.0 Å². The molecule has 0 saturated heterocycles. The van der Waals surface area contributed by atoms with Crippen LogP contribution in [0.15, 0.2) is 39.7 Å². The summed E-state index contributed by atoms with van der Waals surface area (Å²) < 4.78 is 2.16. The minimum absolute atomic E-state index is 0.137. The maximum absolute atomic E-state index is 12.3. The van der Waals surface area contributed by atoms with E-state index in [0.717, 1.165) is 21.3 Å². The number of hydrogen-bond donors (Lipinski definition) is 1. The third-order valence-electron chi connectivity index (χ3n) is 3.33. The van der Waals surface area contributed by atoms with Crippen LogP contribution in [0.5, 0.6) is 0 Å². The van der Waals surface area contributed by atoms with Crippen LogP contribution in [0, 0.1) is 0 Å². The second kappa shape index (κ2) is 8.73. The van der Waals surface area contributed by atoms with E-state index in [2.05, 4.69) is 13.2 Å². The third-order valence-corrected chi connectivity index (χ3v) is 3.33. The Kier molecular flexibility index (Phi) is 6.99. The van der Waals surface area contributed by atoms with Crippen LogP contribution in [-0.4, -0.2) is 37.0 Å². The molecule has 0 amide bonds. The zero-order chi connectivity index (χ0) is 18.3. The van der Waals surface area contributed by atoms with E-state index in [1.807, 2.05) is 0 Å². The van der Waals surface area contributed by atoms with Crippen molar-refractivity contribution in [2.45, 2.75) is 32.5 Å². The number of aliphatic hydroxyl groups excluding tert-OH is 1. The summed E-state index contributed by atoms with van der Waals surface area (Å²) in [5, 5.41) is 9.00. The summed E-state index contributed by atoms with van der Waals surface area (Å²) in [6.45, 7) is 5.35. The molecule has 0 aliphatic heterocycles. The topological polar surface area (TPSA) is 120 Å². The molecule has 1 aromatic heterocycles. The highest BCUT2D eigenvalue weighted by Gasteiger charge is 2.16. The lowest BCUT2D eigenvalue weighted by atomic mass is 10.3. The van der Waals surface area contributed by atoms with Crippen LogP contribution in [-0.2, 0) is 29.2 Å². The van der Waals surface area contributed by atoms with Crippen LogP contribution >= 0.6 is 0 Å². The van der Waals surface area contributed by atoms with Gasteiger partial charge in [-0.2, -0.15) is 0 Å². The highest BCUT2D eigenvalue weighted by Crippen LogP contribution is 1.89. The number of carbonyl (C=O) groups is 2. The molecule has 1 aromatic rings. The maximum Gasteiger partial charge on any atom is 0.336 e. The molecule has 0 radical (unpaired) electrons.